The average Bonchev–Trinajstić information content (AvgIpc) is 3.22. The van der Waals surface area contributed by atoms with Gasteiger partial charge in [-0.15, -0.1) is 0 Å². The van der Waals surface area contributed by atoms with Crippen LogP contribution >= 0.6 is 0 Å². The van der Waals surface area contributed by atoms with E-state index in [2.05, 4.69) is 36.5 Å². The van der Waals surface area contributed by atoms with Crippen LogP contribution in [0.15, 0.2) is 48.5 Å². The molecule has 2 aromatic carbocycles. The number of amides is 2. The monoisotopic (exact) mass is 362 g/mol. The number of hydrogen-bond donors (Lipinski definition) is 1. The van der Waals surface area contributed by atoms with E-state index in [-0.39, 0.29) is 17.2 Å². The maximum atomic E-state index is 12.7. The summed E-state index contributed by atoms with van der Waals surface area (Å²) in [6.45, 7) is 4.30. The molecule has 2 aliphatic rings. The van der Waals surface area contributed by atoms with Crippen molar-refractivity contribution in [3.05, 3.63) is 70.8 Å². The third-order valence-electron chi connectivity index (χ3n) is 5.76. The second-order valence-corrected chi connectivity index (χ2v) is 8.23. The predicted molar refractivity (Wildman–Crippen MR) is 105 cm³/mol. The van der Waals surface area contributed by atoms with Gasteiger partial charge in [-0.3, -0.25) is 9.59 Å². The molecule has 140 valence electrons. The molecule has 0 radical (unpaired) electrons. The van der Waals surface area contributed by atoms with Crippen LogP contribution in [0, 0.1) is 5.41 Å². The van der Waals surface area contributed by atoms with Gasteiger partial charge < -0.3 is 10.2 Å². The minimum atomic E-state index is -0.0400. The molecule has 4 nitrogen and oxygen atoms in total. The van der Waals surface area contributed by atoms with E-state index >= 15 is 0 Å². The van der Waals surface area contributed by atoms with Crippen LogP contribution in [-0.2, 0) is 24.2 Å². The lowest BCUT2D eigenvalue weighted by atomic mass is 9.87. The Bertz CT molecular complexity index is 849. The van der Waals surface area contributed by atoms with E-state index in [4.69, 9.17) is 0 Å². The van der Waals surface area contributed by atoms with Crippen molar-refractivity contribution in [3.8, 4) is 0 Å². The molecule has 0 unspecified atom stereocenters. The van der Waals surface area contributed by atoms with Crippen molar-refractivity contribution in [1.29, 1.82) is 0 Å². The summed E-state index contributed by atoms with van der Waals surface area (Å²) in [5, 5.41) is 3.13. The normalized spacial score (nSPS) is 17.8. The molecule has 0 spiro atoms. The van der Waals surface area contributed by atoms with Crippen LogP contribution in [0.4, 0.5) is 0 Å². The molecule has 0 aromatic heterocycles. The van der Waals surface area contributed by atoms with Gasteiger partial charge in [-0.05, 0) is 53.5 Å². The van der Waals surface area contributed by atoms with Crippen molar-refractivity contribution in [1.82, 2.24) is 10.2 Å². The first-order chi connectivity index (χ1) is 13.0. The number of benzene rings is 2. The van der Waals surface area contributed by atoms with Gasteiger partial charge in [0.1, 0.15) is 0 Å². The van der Waals surface area contributed by atoms with Crippen LogP contribution < -0.4 is 5.32 Å². The fourth-order valence-electron chi connectivity index (χ4n) is 4.31. The zero-order valence-corrected chi connectivity index (χ0v) is 15.8. The number of carbonyl (C=O) groups is 2. The molecule has 0 saturated carbocycles. The Morgan fingerprint density at radius 1 is 1.11 bits per heavy atom. The molecule has 4 rings (SSSR count). The number of carbonyl (C=O) groups excluding carboxylic acids is 2. The molecule has 1 saturated heterocycles. The van der Waals surface area contributed by atoms with Gasteiger partial charge in [0, 0.05) is 31.6 Å². The third kappa shape index (κ3) is 3.90. The topological polar surface area (TPSA) is 49.4 Å². The van der Waals surface area contributed by atoms with Gasteiger partial charge in [-0.2, -0.15) is 0 Å². The summed E-state index contributed by atoms with van der Waals surface area (Å²) in [6.07, 6.45) is 3.57. The van der Waals surface area contributed by atoms with E-state index < -0.39 is 0 Å². The van der Waals surface area contributed by atoms with Crippen molar-refractivity contribution < 1.29 is 9.59 Å². The standard InChI is InChI=1S/C23H26N2O2/c1-23(13-19-7-2-3-8-20(19)14-23)16-24-22(27)18-9-4-6-17(12-18)15-25-11-5-10-21(25)26/h2-4,6-9,12H,5,10-11,13-16H2,1H3,(H,24,27). The molecule has 1 aliphatic heterocycles. The summed E-state index contributed by atoms with van der Waals surface area (Å²) >= 11 is 0. The molecule has 2 amide bonds. The fourth-order valence-corrected chi connectivity index (χ4v) is 4.31. The first-order valence-electron chi connectivity index (χ1n) is 9.74. The van der Waals surface area contributed by atoms with Gasteiger partial charge >= 0.3 is 0 Å². The van der Waals surface area contributed by atoms with Gasteiger partial charge in [0.2, 0.25) is 5.91 Å². The number of rotatable bonds is 5. The summed E-state index contributed by atoms with van der Waals surface area (Å²) in [5.41, 5.74) is 4.53. The fraction of sp³-hybridized carbons (Fsp3) is 0.391. The van der Waals surface area contributed by atoms with Gasteiger partial charge in [-0.1, -0.05) is 43.3 Å². The molecule has 4 heteroatoms. The maximum Gasteiger partial charge on any atom is 0.251 e. The smallest absolute Gasteiger partial charge is 0.251 e. The van der Waals surface area contributed by atoms with Crippen LogP contribution in [0.2, 0.25) is 0 Å². The van der Waals surface area contributed by atoms with Crippen LogP contribution in [0.25, 0.3) is 0 Å². The van der Waals surface area contributed by atoms with Crippen molar-refractivity contribution in [2.45, 2.75) is 39.2 Å². The summed E-state index contributed by atoms with van der Waals surface area (Å²) < 4.78 is 0. The summed E-state index contributed by atoms with van der Waals surface area (Å²) in [6, 6.07) is 16.2. The predicted octanol–water partition coefficient (Wildman–Crippen LogP) is 3.34. The maximum absolute atomic E-state index is 12.7. The Kier molecular flexibility index (Phi) is 4.73. The van der Waals surface area contributed by atoms with Crippen LogP contribution in [0.1, 0.15) is 46.8 Å². The molecule has 2 aromatic rings. The molecule has 1 N–H and O–H groups in total. The van der Waals surface area contributed by atoms with Crippen LogP contribution in [0.5, 0.6) is 0 Å². The lowest BCUT2D eigenvalue weighted by Crippen LogP contribution is -2.36. The zero-order valence-electron chi connectivity index (χ0n) is 15.8. The Labute approximate surface area is 160 Å². The second kappa shape index (κ2) is 7.18. The highest BCUT2D eigenvalue weighted by Crippen LogP contribution is 2.36. The molecular formula is C23H26N2O2. The highest BCUT2D eigenvalue weighted by atomic mass is 16.2. The Morgan fingerprint density at radius 3 is 2.52 bits per heavy atom. The number of fused-ring (bicyclic) bond motifs is 1. The minimum Gasteiger partial charge on any atom is -0.351 e. The van der Waals surface area contributed by atoms with Gasteiger partial charge in [0.25, 0.3) is 5.91 Å². The molecule has 1 aliphatic carbocycles. The molecule has 27 heavy (non-hydrogen) atoms. The first kappa shape index (κ1) is 17.8. The SMILES string of the molecule is CC1(CNC(=O)c2cccc(CN3CCCC3=O)c2)Cc2ccccc2C1. The van der Waals surface area contributed by atoms with E-state index in [0.717, 1.165) is 31.4 Å². The van der Waals surface area contributed by atoms with E-state index in [1.54, 1.807) is 0 Å². The van der Waals surface area contributed by atoms with Gasteiger partial charge in [0.15, 0.2) is 0 Å². The molecule has 1 fully saturated rings. The summed E-state index contributed by atoms with van der Waals surface area (Å²) in [7, 11) is 0. The zero-order chi connectivity index (χ0) is 18.9. The summed E-state index contributed by atoms with van der Waals surface area (Å²) in [5.74, 6) is 0.167. The summed E-state index contributed by atoms with van der Waals surface area (Å²) in [4.78, 5) is 26.4. The van der Waals surface area contributed by atoms with Crippen molar-refractivity contribution >= 4 is 11.8 Å². The number of nitrogens with one attached hydrogen (secondary N) is 1. The first-order valence-corrected chi connectivity index (χ1v) is 9.74. The number of nitrogens with zero attached hydrogens (tertiary/aromatic N) is 1. The van der Waals surface area contributed by atoms with Crippen LogP contribution in [-0.4, -0.2) is 29.8 Å². The molecule has 0 bridgehead atoms. The number of hydrogen-bond acceptors (Lipinski definition) is 2. The van der Waals surface area contributed by atoms with Crippen molar-refractivity contribution in [3.63, 3.8) is 0 Å². The average molecular weight is 362 g/mol. The largest absolute Gasteiger partial charge is 0.351 e. The third-order valence-corrected chi connectivity index (χ3v) is 5.76. The lowest BCUT2D eigenvalue weighted by molar-refractivity contribution is -0.128. The van der Waals surface area contributed by atoms with Crippen molar-refractivity contribution in [2.24, 2.45) is 5.41 Å². The molecule has 0 atom stereocenters. The van der Waals surface area contributed by atoms with E-state index in [1.165, 1.54) is 11.1 Å². The van der Waals surface area contributed by atoms with E-state index in [9.17, 15) is 9.59 Å². The number of likely N-dealkylation sites (tertiary alicyclic amines) is 1. The highest BCUT2D eigenvalue weighted by Gasteiger charge is 2.33. The quantitative estimate of drug-likeness (QED) is 0.887. The van der Waals surface area contributed by atoms with E-state index in [0.29, 0.717) is 25.1 Å². The minimum absolute atomic E-state index is 0.0400. The van der Waals surface area contributed by atoms with Gasteiger partial charge in [0.05, 0.1) is 0 Å². The Balaban J connectivity index is 1.37. The Hall–Kier alpha value is -2.62. The lowest BCUT2D eigenvalue weighted by Gasteiger charge is -2.24. The van der Waals surface area contributed by atoms with Gasteiger partial charge in [-0.25, -0.2) is 0 Å². The highest BCUT2D eigenvalue weighted by molar-refractivity contribution is 5.94. The second-order valence-electron chi connectivity index (χ2n) is 8.23. The molecule has 1 heterocycles. The van der Waals surface area contributed by atoms with Crippen molar-refractivity contribution in [2.75, 3.05) is 13.1 Å². The Morgan fingerprint density at radius 2 is 1.85 bits per heavy atom. The van der Waals surface area contributed by atoms with E-state index in [1.807, 2.05) is 29.2 Å². The molecular weight excluding hydrogens is 336 g/mol. The van der Waals surface area contributed by atoms with Crippen LogP contribution in [0.3, 0.4) is 0 Å².